The van der Waals surface area contributed by atoms with Gasteiger partial charge in [-0.25, -0.2) is 4.98 Å². The molecule has 18 heavy (non-hydrogen) atoms. The van der Waals surface area contributed by atoms with Gasteiger partial charge in [-0.15, -0.1) is 0 Å². The van der Waals surface area contributed by atoms with Crippen molar-refractivity contribution < 1.29 is 9.66 Å². The Balaban J connectivity index is 2.80. The van der Waals surface area contributed by atoms with Gasteiger partial charge in [0.25, 0.3) is 0 Å². The summed E-state index contributed by atoms with van der Waals surface area (Å²) in [4.78, 5) is 13.9. The third kappa shape index (κ3) is 3.68. The van der Waals surface area contributed by atoms with Crippen LogP contribution in [0.4, 0.5) is 11.5 Å². The van der Waals surface area contributed by atoms with Crippen molar-refractivity contribution in [2.24, 2.45) is 0 Å². The minimum Gasteiger partial charge on any atom is -0.380 e. The number of hydrogen-bond donors (Lipinski definition) is 1. The molecule has 0 aliphatic heterocycles. The second-order valence-electron chi connectivity index (χ2n) is 3.64. The van der Waals surface area contributed by atoms with Crippen LogP contribution in [-0.2, 0) is 4.74 Å². The number of aromatic nitrogens is 1. The van der Waals surface area contributed by atoms with Crippen molar-refractivity contribution in [1.29, 1.82) is 5.26 Å². The third-order valence-corrected chi connectivity index (χ3v) is 2.14. The molecule has 1 aromatic heterocycles. The SMILES string of the molecule is CCOCC(C)Nc1ccc([N+](=O)[O-])c(C#N)n1. The summed E-state index contributed by atoms with van der Waals surface area (Å²) in [6.07, 6.45) is 0. The molecule has 7 heteroatoms. The maximum atomic E-state index is 10.6. The molecule has 1 N–H and O–H groups in total. The van der Waals surface area contributed by atoms with Crippen LogP contribution in [-0.4, -0.2) is 29.2 Å². The predicted molar refractivity (Wildman–Crippen MR) is 65.2 cm³/mol. The molecular weight excluding hydrogens is 236 g/mol. The van der Waals surface area contributed by atoms with Gasteiger partial charge in [-0.3, -0.25) is 10.1 Å². The number of nitrogens with zero attached hydrogens (tertiary/aromatic N) is 3. The average molecular weight is 250 g/mol. The second-order valence-corrected chi connectivity index (χ2v) is 3.64. The fourth-order valence-corrected chi connectivity index (χ4v) is 1.35. The smallest absolute Gasteiger partial charge is 0.305 e. The number of hydrogen-bond acceptors (Lipinski definition) is 6. The lowest BCUT2D eigenvalue weighted by molar-refractivity contribution is -0.385. The molecule has 0 radical (unpaired) electrons. The van der Waals surface area contributed by atoms with Crippen LogP contribution >= 0.6 is 0 Å². The summed E-state index contributed by atoms with van der Waals surface area (Å²) in [5.41, 5.74) is -0.492. The topological polar surface area (TPSA) is 101 Å². The van der Waals surface area contributed by atoms with Crippen molar-refractivity contribution in [2.75, 3.05) is 18.5 Å². The van der Waals surface area contributed by atoms with E-state index in [1.807, 2.05) is 13.8 Å². The molecule has 0 saturated carbocycles. The van der Waals surface area contributed by atoms with Crippen LogP contribution < -0.4 is 5.32 Å². The van der Waals surface area contributed by atoms with Gasteiger partial charge in [0, 0.05) is 18.7 Å². The first-order valence-electron chi connectivity index (χ1n) is 5.48. The van der Waals surface area contributed by atoms with Gasteiger partial charge in [0.05, 0.1) is 11.5 Å². The van der Waals surface area contributed by atoms with E-state index in [0.717, 1.165) is 0 Å². The molecule has 0 aromatic carbocycles. The lowest BCUT2D eigenvalue weighted by Crippen LogP contribution is -2.22. The first-order chi connectivity index (χ1) is 8.58. The van der Waals surface area contributed by atoms with Crippen molar-refractivity contribution >= 4 is 11.5 Å². The van der Waals surface area contributed by atoms with E-state index in [1.165, 1.54) is 12.1 Å². The monoisotopic (exact) mass is 250 g/mol. The summed E-state index contributed by atoms with van der Waals surface area (Å²) < 4.78 is 5.22. The zero-order valence-corrected chi connectivity index (χ0v) is 10.2. The number of nitriles is 1. The molecule has 0 saturated heterocycles. The summed E-state index contributed by atoms with van der Waals surface area (Å²) in [7, 11) is 0. The van der Waals surface area contributed by atoms with Crippen LogP contribution in [0, 0.1) is 21.4 Å². The van der Waals surface area contributed by atoms with Gasteiger partial charge in [-0.2, -0.15) is 5.26 Å². The zero-order chi connectivity index (χ0) is 13.5. The summed E-state index contributed by atoms with van der Waals surface area (Å²) in [6.45, 7) is 4.90. The zero-order valence-electron chi connectivity index (χ0n) is 10.2. The molecule has 7 nitrogen and oxygen atoms in total. The van der Waals surface area contributed by atoms with Gasteiger partial charge in [-0.05, 0) is 19.9 Å². The Hall–Kier alpha value is -2.20. The molecule has 1 rings (SSSR count). The number of nitro groups is 1. The Labute approximate surface area is 105 Å². The molecule has 0 amide bonds. The van der Waals surface area contributed by atoms with Gasteiger partial charge in [-0.1, -0.05) is 0 Å². The van der Waals surface area contributed by atoms with E-state index in [0.29, 0.717) is 19.0 Å². The minimum absolute atomic E-state index is 0.00505. The molecule has 1 atom stereocenters. The quantitative estimate of drug-likeness (QED) is 0.609. The Bertz CT molecular complexity index is 470. The van der Waals surface area contributed by atoms with Crippen LogP contribution in [0.3, 0.4) is 0 Å². The van der Waals surface area contributed by atoms with E-state index in [1.54, 1.807) is 6.07 Å². The number of pyridine rings is 1. The highest BCUT2D eigenvalue weighted by molar-refractivity contribution is 5.50. The van der Waals surface area contributed by atoms with Crippen LogP contribution in [0.25, 0.3) is 0 Å². The van der Waals surface area contributed by atoms with Gasteiger partial charge in [0.15, 0.2) is 0 Å². The second kappa shape index (κ2) is 6.51. The lowest BCUT2D eigenvalue weighted by atomic mass is 10.3. The summed E-state index contributed by atoms with van der Waals surface area (Å²) >= 11 is 0. The van der Waals surface area contributed by atoms with Crippen molar-refractivity contribution in [3.05, 3.63) is 27.9 Å². The van der Waals surface area contributed by atoms with Gasteiger partial charge < -0.3 is 10.1 Å². The average Bonchev–Trinajstić information content (AvgIpc) is 2.35. The molecule has 1 heterocycles. The molecule has 0 aliphatic rings. The molecule has 0 spiro atoms. The first-order valence-corrected chi connectivity index (χ1v) is 5.48. The highest BCUT2D eigenvalue weighted by Crippen LogP contribution is 2.18. The van der Waals surface area contributed by atoms with E-state index in [9.17, 15) is 10.1 Å². The standard InChI is InChI=1S/C11H14N4O3/c1-3-18-7-8(2)13-11-5-4-10(15(16)17)9(6-12)14-11/h4-5,8H,3,7H2,1-2H3,(H,13,14). The molecule has 0 bridgehead atoms. The van der Waals surface area contributed by atoms with E-state index in [-0.39, 0.29) is 17.4 Å². The number of nitrogens with one attached hydrogen (secondary N) is 1. The van der Waals surface area contributed by atoms with E-state index in [4.69, 9.17) is 10.00 Å². The van der Waals surface area contributed by atoms with Crippen molar-refractivity contribution in [3.63, 3.8) is 0 Å². The van der Waals surface area contributed by atoms with Gasteiger partial charge >= 0.3 is 5.69 Å². The Morgan fingerprint density at radius 1 is 1.67 bits per heavy atom. The van der Waals surface area contributed by atoms with Crippen molar-refractivity contribution in [3.8, 4) is 6.07 Å². The van der Waals surface area contributed by atoms with E-state index < -0.39 is 4.92 Å². The molecule has 1 aromatic rings. The maximum Gasteiger partial charge on any atom is 0.305 e. The lowest BCUT2D eigenvalue weighted by Gasteiger charge is -2.14. The Kier molecular flexibility index (Phi) is 5.02. The summed E-state index contributed by atoms with van der Waals surface area (Å²) in [6, 6.07) is 4.45. The summed E-state index contributed by atoms with van der Waals surface area (Å²) in [5, 5.41) is 22.4. The van der Waals surface area contributed by atoms with Crippen LogP contribution in [0.15, 0.2) is 12.1 Å². The minimum atomic E-state index is -0.626. The van der Waals surface area contributed by atoms with Gasteiger partial charge in [0.1, 0.15) is 11.9 Å². The Morgan fingerprint density at radius 2 is 2.39 bits per heavy atom. The molecule has 96 valence electrons. The maximum absolute atomic E-state index is 10.6. The fraction of sp³-hybridized carbons (Fsp3) is 0.455. The predicted octanol–water partition coefficient (Wildman–Crippen LogP) is 1.70. The van der Waals surface area contributed by atoms with Crippen LogP contribution in [0.2, 0.25) is 0 Å². The van der Waals surface area contributed by atoms with Crippen molar-refractivity contribution in [2.45, 2.75) is 19.9 Å². The molecular formula is C11H14N4O3. The fourth-order valence-electron chi connectivity index (χ4n) is 1.35. The van der Waals surface area contributed by atoms with E-state index in [2.05, 4.69) is 10.3 Å². The highest BCUT2D eigenvalue weighted by Gasteiger charge is 2.16. The van der Waals surface area contributed by atoms with Crippen LogP contribution in [0.1, 0.15) is 19.5 Å². The van der Waals surface area contributed by atoms with Crippen molar-refractivity contribution in [1.82, 2.24) is 4.98 Å². The number of rotatable bonds is 6. The normalized spacial score (nSPS) is 11.6. The van der Waals surface area contributed by atoms with Gasteiger partial charge in [0.2, 0.25) is 5.69 Å². The Morgan fingerprint density at radius 3 is 2.94 bits per heavy atom. The number of ether oxygens (including phenoxy) is 1. The first kappa shape index (κ1) is 13.9. The largest absolute Gasteiger partial charge is 0.380 e. The molecule has 0 fully saturated rings. The highest BCUT2D eigenvalue weighted by atomic mass is 16.6. The molecule has 0 aliphatic carbocycles. The summed E-state index contributed by atoms with van der Waals surface area (Å²) in [5.74, 6) is 0.421. The number of anilines is 1. The van der Waals surface area contributed by atoms with Crippen LogP contribution in [0.5, 0.6) is 0 Å². The third-order valence-electron chi connectivity index (χ3n) is 2.14. The molecule has 1 unspecified atom stereocenters. The van der Waals surface area contributed by atoms with E-state index >= 15 is 0 Å².